The fourth-order valence-electron chi connectivity index (χ4n) is 2.53. The normalized spacial score (nSPS) is 14.1. The first-order valence-electron chi connectivity index (χ1n) is 7.67. The van der Waals surface area contributed by atoms with Crippen LogP contribution in [0.4, 0.5) is 0 Å². The maximum atomic E-state index is 10.8. The van der Waals surface area contributed by atoms with E-state index in [0.717, 1.165) is 16.7 Å². The Morgan fingerprint density at radius 2 is 1.68 bits per heavy atom. The van der Waals surface area contributed by atoms with Crippen molar-refractivity contribution in [1.82, 2.24) is 0 Å². The second kappa shape index (κ2) is 5.71. The summed E-state index contributed by atoms with van der Waals surface area (Å²) in [6.45, 7) is 12.9. The Balaban J connectivity index is 2.67. The summed E-state index contributed by atoms with van der Waals surface area (Å²) in [6.07, 6.45) is 0. The van der Waals surface area contributed by atoms with Crippen LogP contribution in [0.2, 0.25) is 0 Å². The number of thiophene rings is 1. The predicted molar refractivity (Wildman–Crippen MR) is 95.9 cm³/mol. The van der Waals surface area contributed by atoms with Gasteiger partial charge in [-0.1, -0.05) is 47.6 Å². The van der Waals surface area contributed by atoms with Crippen molar-refractivity contribution in [2.75, 3.05) is 0 Å². The third-order valence-electron chi connectivity index (χ3n) is 4.05. The Hall–Kier alpha value is -1.32. The average Bonchev–Trinajstić information content (AvgIpc) is 2.89. The zero-order chi connectivity index (χ0) is 16.7. The summed E-state index contributed by atoms with van der Waals surface area (Å²) in [5, 5.41) is 14.9. The molecule has 2 nitrogen and oxygen atoms in total. The highest BCUT2D eigenvalue weighted by Crippen LogP contribution is 2.40. The zero-order valence-corrected chi connectivity index (χ0v) is 15.2. The standard InChI is InChI=1S/C19H27NOS/c1-18(2,3)13-9-14(16(20)12-7-8-22-11-12)17(21)15(10-13)19(4,5)6/h7-11,16,21H,20H2,1-6H3/t16-/m1/s1. The zero-order valence-electron chi connectivity index (χ0n) is 14.4. The van der Waals surface area contributed by atoms with Gasteiger partial charge in [-0.3, -0.25) is 0 Å². The van der Waals surface area contributed by atoms with Crippen LogP contribution in [0.3, 0.4) is 0 Å². The quantitative estimate of drug-likeness (QED) is 0.809. The van der Waals surface area contributed by atoms with Crippen molar-refractivity contribution in [3.8, 4) is 5.75 Å². The van der Waals surface area contributed by atoms with E-state index in [-0.39, 0.29) is 16.9 Å². The molecule has 3 N–H and O–H groups in total. The van der Waals surface area contributed by atoms with Crippen molar-refractivity contribution in [1.29, 1.82) is 0 Å². The lowest BCUT2D eigenvalue weighted by Crippen LogP contribution is -2.20. The monoisotopic (exact) mass is 317 g/mol. The van der Waals surface area contributed by atoms with Crippen LogP contribution >= 0.6 is 11.3 Å². The first kappa shape index (κ1) is 17.0. The molecule has 0 unspecified atom stereocenters. The number of aromatic hydroxyl groups is 1. The van der Waals surface area contributed by atoms with Gasteiger partial charge in [0.05, 0.1) is 6.04 Å². The molecule has 0 radical (unpaired) electrons. The third-order valence-corrected chi connectivity index (χ3v) is 4.75. The summed E-state index contributed by atoms with van der Waals surface area (Å²) in [5.41, 5.74) is 10.3. The molecular weight excluding hydrogens is 290 g/mol. The molecule has 0 bridgehead atoms. The molecular formula is C19H27NOS. The Kier molecular flexibility index (Phi) is 4.42. The predicted octanol–water partition coefficient (Wildman–Crippen LogP) is 5.10. The lowest BCUT2D eigenvalue weighted by atomic mass is 9.78. The van der Waals surface area contributed by atoms with E-state index in [1.165, 1.54) is 5.56 Å². The summed E-state index contributed by atoms with van der Waals surface area (Å²) in [6, 6.07) is 5.91. The number of hydrogen-bond donors (Lipinski definition) is 2. The number of nitrogens with two attached hydrogens (primary N) is 1. The molecule has 0 spiro atoms. The van der Waals surface area contributed by atoms with Gasteiger partial charge >= 0.3 is 0 Å². The molecule has 0 saturated heterocycles. The largest absolute Gasteiger partial charge is 0.507 e. The van der Waals surface area contributed by atoms with Gasteiger partial charge in [0.25, 0.3) is 0 Å². The number of phenolic OH excluding ortho intramolecular Hbond substituents is 1. The molecule has 3 heteroatoms. The van der Waals surface area contributed by atoms with Crippen LogP contribution in [0.5, 0.6) is 5.75 Å². The van der Waals surface area contributed by atoms with Gasteiger partial charge in [-0.2, -0.15) is 11.3 Å². The van der Waals surface area contributed by atoms with E-state index < -0.39 is 0 Å². The van der Waals surface area contributed by atoms with Crippen molar-refractivity contribution in [2.45, 2.75) is 58.4 Å². The van der Waals surface area contributed by atoms with Crippen LogP contribution in [-0.4, -0.2) is 5.11 Å². The van der Waals surface area contributed by atoms with Crippen molar-refractivity contribution < 1.29 is 5.11 Å². The number of benzene rings is 1. The lowest BCUT2D eigenvalue weighted by molar-refractivity contribution is 0.435. The first-order valence-corrected chi connectivity index (χ1v) is 8.61. The van der Waals surface area contributed by atoms with Gasteiger partial charge < -0.3 is 10.8 Å². The Morgan fingerprint density at radius 3 is 2.14 bits per heavy atom. The number of hydrogen-bond acceptors (Lipinski definition) is 3. The minimum atomic E-state index is -0.297. The van der Waals surface area contributed by atoms with Crippen LogP contribution in [0.1, 0.15) is 69.8 Å². The fraction of sp³-hybridized carbons (Fsp3) is 0.474. The van der Waals surface area contributed by atoms with Crippen LogP contribution in [0.15, 0.2) is 29.0 Å². The molecule has 2 aromatic rings. The van der Waals surface area contributed by atoms with E-state index in [0.29, 0.717) is 5.75 Å². The third kappa shape index (κ3) is 3.36. The van der Waals surface area contributed by atoms with Gasteiger partial charge in [0.15, 0.2) is 0 Å². The smallest absolute Gasteiger partial charge is 0.124 e. The van der Waals surface area contributed by atoms with E-state index in [4.69, 9.17) is 5.73 Å². The van der Waals surface area contributed by atoms with Crippen molar-refractivity contribution >= 4 is 11.3 Å². The average molecular weight is 317 g/mol. The van der Waals surface area contributed by atoms with Crippen molar-refractivity contribution in [3.05, 3.63) is 51.2 Å². The number of rotatable bonds is 2. The topological polar surface area (TPSA) is 46.2 Å². The van der Waals surface area contributed by atoms with Gasteiger partial charge in [0, 0.05) is 5.56 Å². The molecule has 1 heterocycles. The summed E-state index contributed by atoms with van der Waals surface area (Å²) in [7, 11) is 0. The second-order valence-corrected chi connectivity index (χ2v) is 8.78. The van der Waals surface area contributed by atoms with Crippen LogP contribution < -0.4 is 5.73 Å². The van der Waals surface area contributed by atoms with E-state index in [1.54, 1.807) is 11.3 Å². The maximum Gasteiger partial charge on any atom is 0.124 e. The number of phenols is 1. The Bertz CT molecular complexity index is 645. The second-order valence-electron chi connectivity index (χ2n) is 8.00. The first-order chi connectivity index (χ1) is 10.0. The molecule has 0 aliphatic heterocycles. The van der Waals surface area contributed by atoms with Crippen molar-refractivity contribution in [3.63, 3.8) is 0 Å². The maximum absolute atomic E-state index is 10.8. The molecule has 120 valence electrons. The highest BCUT2D eigenvalue weighted by Gasteiger charge is 2.27. The van der Waals surface area contributed by atoms with E-state index in [9.17, 15) is 5.11 Å². The van der Waals surface area contributed by atoms with Gasteiger partial charge in [-0.25, -0.2) is 0 Å². The minimum absolute atomic E-state index is 0.0107. The summed E-state index contributed by atoms with van der Waals surface area (Å²) >= 11 is 1.63. The molecule has 1 aromatic heterocycles. The molecule has 1 aromatic carbocycles. The molecule has 1 atom stereocenters. The Labute approximate surface area is 138 Å². The molecule has 0 amide bonds. The molecule has 0 aliphatic carbocycles. The summed E-state index contributed by atoms with van der Waals surface area (Å²) in [4.78, 5) is 0. The highest BCUT2D eigenvalue weighted by molar-refractivity contribution is 7.08. The van der Waals surface area contributed by atoms with Gasteiger partial charge in [0.2, 0.25) is 0 Å². The lowest BCUT2D eigenvalue weighted by Gasteiger charge is -2.28. The van der Waals surface area contributed by atoms with Gasteiger partial charge in [-0.15, -0.1) is 0 Å². The molecule has 0 saturated carbocycles. The summed E-state index contributed by atoms with van der Waals surface area (Å²) in [5.74, 6) is 0.333. The highest BCUT2D eigenvalue weighted by atomic mass is 32.1. The van der Waals surface area contributed by atoms with Crippen LogP contribution in [-0.2, 0) is 10.8 Å². The Morgan fingerprint density at radius 1 is 1.05 bits per heavy atom. The summed E-state index contributed by atoms with van der Waals surface area (Å²) < 4.78 is 0. The van der Waals surface area contributed by atoms with E-state index in [2.05, 4.69) is 53.7 Å². The van der Waals surface area contributed by atoms with E-state index >= 15 is 0 Å². The molecule has 0 fully saturated rings. The van der Waals surface area contributed by atoms with Crippen LogP contribution in [0, 0.1) is 0 Å². The van der Waals surface area contributed by atoms with E-state index in [1.807, 2.05) is 16.8 Å². The molecule has 2 rings (SSSR count). The SMILES string of the molecule is CC(C)(C)c1cc([C@H](N)c2ccsc2)c(O)c(C(C)(C)C)c1. The van der Waals surface area contributed by atoms with Gasteiger partial charge in [-0.05, 0) is 50.4 Å². The van der Waals surface area contributed by atoms with Crippen molar-refractivity contribution in [2.24, 2.45) is 5.73 Å². The molecule has 22 heavy (non-hydrogen) atoms. The minimum Gasteiger partial charge on any atom is -0.507 e. The van der Waals surface area contributed by atoms with Crippen LogP contribution in [0.25, 0.3) is 0 Å². The molecule has 0 aliphatic rings. The van der Waals surface area contributed by atoms with Gasteiger partial charge in [0.1, 0.15) is 5.75 Å². The fourth-order valence-corrected chi connectivity index (χ4v) is 3.23.